The Labute approximate surface area is 155 Å². The minimum Gasteiger partial charge on any atom is -0.366 e. The molecule has 4 N–H and O–H groups in total. The third kappa shape index (κ3) is 4.66. The number of nitrogens with one attached hydrogen (secondary N) is 2. The van der Waals surface area contributed by atoms with Crippen LogP contribution in [0.4, 0.5) is 15.9 Å². The van der Waals surface area contributed by atoms with Gasteiger partial charge >= 0.3 is 0 Å². The number of anilines is 2. The summed E-state index contributed by atoms with van der Waals surface area (Å²) in [5, 5.41) is 5.72. The predicted octanol–water partition coefficient (Wildman–Crippen LogP) is 2.99. The molecule has 0 radical (unpaired) electrons. The normalized spacial score (nSPS) is 10.3. The van der Waals surface area contributed by atoms with Crippen molar-refractivity contribution < 1.29 is 14.0 Å². The second kappa shape index (κ2) is 8.09. The second-order valence-electron chi connectivity index (χ2n) is 5.78. The van der Waals surface area contributed by atoms with Crippen LogP contribution in [0.5, 0.6) is 0 Å². The molecule has 6 nitrogen and oxygen atoms in total. The van der Waals surface area contributed by atoms with E-state index >= 15 is 0 Å². The molecule has 27 heavy (non-hydrogen) atoms. The van der Waals surface area contributed by atoms with E-state index in [2.05, 4.69) is 15.6 Å². The molecule has 136 valence electrons. The number of amides is 2. The highest BCUT2D eigenvalue weighted by atomic mass is 19.1. The minimum absolute atomic E-state index is 0.217. The lowest BCUT2D eigenvalue weighted by Crippen LogP contribution is -2.24. The van der Waals surface area contributed by atoms with E-state index in [1.807, 2.05) is 0 Å². The quantitative estimate of drug-likeness (QED) is 0.626. The number of primary amides is 1. The number of halogens is 1. The summed E-state index contributed by atoms with van der Waals surface area (Å²) in [6, 6.07) is 15.8. The number of hydrogen-bond acceptors (Lipinski definition) is 4. The van der Waals surface area contributed by atoms with Gasteiger partial charge in [0, 0.05) is 24.0 Å². The van der Waals surface area contributed by atoms with Gasteiger partial charge in [-0.25, -0.2) is 9.37 Å². The van der Waals surface area contributed by atoms with Crippen LogP contribution in [0.15, 0.2) is 66.9 Å². The standard InChI is InChI=1S/C20H17FN4O2/c21-15-6-2-7-16(11-15)25-19-17(8-3-9-23-19)20(27)24-12-13-4-1-5-14(10-13)18(22)26/h1-11H,12H2,(H2,22,26)(H,23,25)(H,24,27). The highest BCUT2D eigenvalue weighted by molar-refractivity contribution is 5.99. The van der Waals surface area contributed by atoms with Gasteiger partial charge in [0.05, 0.1) is 5.56 Å². The lowest BCUT2D eigenvalue weighted by Gasteiger charge is -2.11. The van der Waals surface area contributed by atoms with Crippen LogP contribution in [-0.2, 0) is 6.54 Å². The van der Waals surface area contributed by atoms with Gasteiger partial charge in [-0.3, -0.25) is 9.59 Å². The minimum atomic E-state index is -0.531. The van der Waals surface area contributed by atoms with Gasteiger partial charge in [-0.05, 0) is 48.0 Å². The molecule has 0 atom stereocenters. The Morgan fingerprint density at radius 1 is 1.04 bits per heavy atom. The van der Waals surface area contributed by atoms with Gasteiger partial charge in [-0.15, -0.1) is 0 Å². The van der Waals surface area contributed by atoms with E-state index in [4.69, 9.17) is 5.73 Å². The Kier molecular flexibility index (Phi) is 5.41. The molecule has 0 spiro atoms. The lowest BCUT2D eigenvalue weighted by atomic mass is 10.1. The number of nitrogens with zero attached hydrogens (tertiary/aromatic N) is 1. The summed E-state index contributed by atoms with van der Waals surface area (Å²) in [5.41, 5.74) is 7.17. The number of nitrogens with two attached hydrogens (primary N) is 1. The van der Waals surface area contributed by atoms with E-state index in [1.54, 1.807) is 48.5 Å². The van der Waals surface area contributed by atoms with Crippen molar-refractivity contribution in [3.8, 4) is 0 Å². The summed E-state index contributed by atoms with van der Waals surface area (Å²) in [6.45, 7) is 0.217. The third-order valence-corrected chi connectivity index (χ3v) is 3.80. The van der Waals surface area contributed by atoms with Gasteiger partial charge < -0.3 is 16.4 Å². The van der Waals surface area contributed by atoms with Crippen LogP contribution in [0.3, 0.4) is 0 Å². The van der Waals surface area contributed by atoms with Crippen molar-refractivity contribution in [2.24, 2.45) is 5.73 Å². The van der Waals surface area contributed by atoms with Crippen molar-refractivity contribution in [2.75, 3.05) is 5.32 Å². The first-order valence-electron chi connectivity index (χ1n) is 8.17. The smallest absolute Gasteiger partial charge is 0.255 e. The van der Waals surface area contributed by atoms with E-state index < -0.39 is 11.7 Å². The summed E-state index contributed by atoms with van der Waals surface area (Å²) in [4.78, 5) is 28.0. The molecule has 0 aliphatic rings. The number of pyridine rings is 1. The Balaban J connectivity index is 1.73. The van der Waals surface area contributed by atoms with E-state index in [0.29, 0.717) is 22.6 Å². The molecule has 1 heterocycles. The molecule has 3 rings (SSSR count). The zero-order chi connectivity index (χ0) is 19.2. The highest BCUT2D eigenvalue weighted by Gasteiger charge is 2.13. The summed E-state index contributed by atoms with van der Waals surface area (Å²) in [5.74, 6) is -0.966. The van der Waals surface area contributed by atoms with E-state index in [9.17, 15) is 14.0 Å². The maximum atomic E-state index is 13.4. The zero-order valence-electron chi connectivity index (χ0n) is 14.3. The van der Waals surface area contributed by atoms with E-state index in [-0.39, 0.29) is 12.5 Å². The summed E-state index contributed by atoms with van der Waals surface area (Å²) < 4.78 is 13.4. The first kappa shape index (κ1) is 18.1. The Bertz CT molecular complexity index is 991. The van der Waals surface area contributed by atoms with Crippen LogP contribution in [0.2, 0.25) is 0 Å². The number of carbonyl (C=O) groups is 2. The molecule has 0 unspecified atom stereocenters. The van der Waals surface area contributed by atoms with Crippen LogP contribution >= 0.6 is 0 Å². The lowest BCUT2D eigenvalue weighted by molar-refractivity contribution is 0.0950. The van der Waals surface area contributed by atoms with Crippen LogP contribution in [0, 0.1) is 5.82 Å². The fourth-order valence-electron chi connectivity index (χ4n) is 2.50. The maximum Gasteiger partial charge on any atom is 0.255 e. The Morgan fingerprint density at radius 2 is 1.85 bits per heavy atom. The monoisotopic (exact) mass is 364 g/mol. The van der Waals surface area contributed by atoms with Gasteiger partial charge in [0.1, 0.15) is 11.6 Å². The average molecular weight is 364 g/mol. The second-order valence-corrected chi connectivity index (χ2v) is 5.78. The van der Waals surface area contributed by atoms with Crippen molar-refractivity contribution in [3.63, 3.8) is 0 Å². The molecule has 2 aromatic carbocycles. The fraction of sp³-hybridized carbons (Fsp3) is 0.0500. The van der Waals surface area contributed by atoms with Crippen molar-refractivity contribution in [2.45, 2.75) is 6.54 Å². The molecule has 0 fully saturated rings. The zero-order valence-corrected chi connectivity index (χ0v) is 14.3. The predicted molar refractivity (Wildman–Crippen MR) is 100 cm³/mol. The molecule has 0 bridgehead atoms. The Hall–Kier alpha value is -3.74. The van der Waals surface area contributed by atoms with E-state index in [0.717, 1.165) is 5.56 Å². The van der Waals surface area contributed by atoms with Gasteiger partial charge in [-0.2, -0.15) is 0 Å². The molecule has 0 saturated carbocycles. The van der Waals surface area contributed by atoms with Crippen LogP contribution in [0.1, 0.15) is 26.3 Å². The van der Waals surface area contributed by atoms with Gasteiger partial charge in [0.15, 0.2) is 0 Å². The van der Waals surface area contributed by atoms with Gasteiger partial charge in [-0.1, -0.05) is 18.2 Å². The third-order valence-electron chi connectivity index (χ3n) is 3.80. The van der Waals surface area contributed by atoms with Crippen LogP contribution < -0.4 is 16.4 Å². The largest absolute Gasteiger partial charge is 0.366 e. The summed E-state index contributed by atoms with van der Waals surface area (Å²) >= 11 is 0. The highest BCUT2D eigenvalue weighted by Crippen LogP contribution is 2.19. The summed E-state index contributed by atoms with van der Waals surface area (Å²) in [7, 11) is 0. The fourth-order valence-corrected chi connectivity index (χ4v) is 2.50. The molecule has 7 heteroatoms. The molecule has 2 amide bonds. The van der Waals surface area contributed by atoms with Gasteiger partial charge in [0.25, 0.3) is 5.91 Å². The number of aromatic nitrogens is 1. The van der Waals surface area contributed by atoms with Crippen molar-refractivity contribution in [1.82, 2.24) is 10.3 Å². The maximum absolute atomic E-state index is 13.4. The molecular weight excluding hydrogens is 347 g/mol. The summed E-state index contributed by atoms with van der Waals surface area (Å²) in [6.07, 6.45) is 1.54. The first-order valence-corrected chi connectivity index (χ1v) is 8.17. The van der Waals surface area contributed by atoms with Crippen molar-refractivity contribution in [3.05, 3.63) is 89.4 Å². The molecule has 3 aromatic rings. The number of hydrogen-bond donors (Lipinski definition) is 3. The number of carbonyl (C=O) groups excluding carboxylic acids is 2. The molecular formula is C20H17FN4O2. The molecule has 0 saturated heterocycles. The first-order chi connectivity index (χ1) is 13.0. The van der Waals surface area contributed by atoms with Crippen LogP contribution in [-0.4, -0.2) is 16.8 Å². The van der Waals surface area contributed by atoms with Gasteiger partial charge in [0.2, 0.25) is 5.91 Å². The van der Waals surface area contributed by atoms with E-state index in [1.165, 1.54) is 18.3 Å². The Morgan fingerprint density at radius 3 is 2.63 bits per heavy atom. The SMILES string of the molecule is NC(=O)c1cccc(CNC(=O)c2cccnc2Nc2cccc(F)c2)c1. The van der Waals surface area contributed by atoms with Crippen molar-refractivity contribution in [1.29, 1.82) is 0 Å². The van der Waals surface area contributed by atoms with Crippen molar-refractivity contribution >= 4 is 23.3 Å². The molecule has 0 aliphatic carbocycles. The topological polar surface area (TPSA) is 97.1 Å². The molecule has 0 aliphatic heterocycles. The number of rotatable bonds is 6. The van der Waals surface area contributed by atoms with Crippen LogP contribution in [0.25, 0.3) is 0 Å². The average Bonchev–Trinajstić information content (AvgIpc) is 2.67. The number of benzene rings is 2. The molecule has 1 aromatic heterocycles.